The van der Waals surface area contributed by atoms with E-state index in [2.05, 4.69) is 31.9 Å². The molecule has 2 aromatic rings. The molecule has 0 fully saturated rings. The van der Waals surface area contributed by atoms with E-state index in [9.17, 15) is 15.0 Å². The van der Waals surface area contributed by atoms with Crippen LogP contribution in [-0.4, -0.2) is 16.0 Å². The first kappa shape index (κ1) is 13.1. The van der Waals surface area contributed by atoms with Gasteiger partial charge in [0.1, 0.15) is 0 Å². The standard InChI is InChI=1S/C13H8Br2O3/c14-8-6-9(15)12(17)13(18)10(8)11(16)7-4-2-1-3-5-7/h1-6,17-18H. The van der Waals surface area contributed by atoms with Crippen LogP contribution < -0.4 is 0 Å². The van der Waals surface area contributed by atoms with Crippen molar-refractivity contribution < 1.29 is 15.0 Å². The Morgan fingerprint density at radius 1 is 0.944 bits per heavy atom. The number of phenolic OH excluding ortho intramolecular Hbond substituents is 2. The summed E-state index contributed by atoms with van der Waals surface area (Å²) in [5.74, 6) is -1.15. The van der Waals surface area contributed by atoms with Gasteiger partial charge in [0.25, 0.3) is 0 Å². The third-order valence-corrected chi connectivity index (χ3v) is 3.67. The molecule has 0 saturated heterocycles. The highest BCUT2D eigenvalue weighted by Crippen LogP contribution is 2.41. The molecule has 18 heavy (non-hydrogen) atoms. The highest BCUT2D eigenvalue weighted by Gasteiger charge is 2.21. The third-order valence-electron chi connectivity index (χ3n) is 2.44. The molecular formula is C13H8Br2O3. The quantitative estimate of drug-likeness (QED) is 0.622. The molecule has 0 radical (unpaired) electrons. The molecule has 0 heterocycles. The van der Waals surface area contributed by atoms with Gasteiger partial charge in [-0.3, -0.25) is 4.79 Å². The zero-order valence-corrected chi connectivity index (χ0v) is 12.2. The number of carbonyl (C=O) groups is 1. The summed E-state index contributed by atoms with van der Waals surface area (Å²) < 4.78 is 0.731. The number of halogens is 2. The van der Waals surface area contributed by atoms with E-state index in [1.54, 1.807) is 30.3 Å². The van der Waals surface area contributed by atoms with Gasteiger partial charge in [0.05, 0.1) is 10.0 Å². The topological polar surface area (TPSA) is 57.5 Å². The Labute approximate surface area is 120 Å². The molecule has 0 saturated carbocycles. The van der Waals surface area contributed by atoms with Gasteiger partial charge in [-0.2, -0.15) is 0 Å². The molecule has 0 aromatic heterocycles. The predicted molar refractivity (Wildman–Crippen MR) is 75.0 cm³/mol. The lowest BCUT2D eigenvalue weighted by Crippen LogP contribution is -2.03. The van der Waals surface area contributed by atoms with Gasteiger partial charge in [0, 0.05) is 10.0 Å². The van der Waals surface area contributed by atoms with Crippen LogP contribution in [0, 0.1) is 0 Å². The highest BCUT2D eigenvalue weighted by molar-refractivity contribution is 9.11. The molecule has 0 unspecified atom stereocenters. The molecule has 0 amide bonds. The van der Waals surface area contributed by atoms with E-state index < -0.39 is 5.75 Å². The van der Waals surface area contributed by atoms with Gasteiger partial charge >= 0.3 is 0 Å². The Hall–Kier alpha value is -1.33. The number of rotatable bonds is 2. The Balaban J connectivity index is 2.59. The first-order chi connectivity index (χ1) is 8.52. The minimum absolute atomic E-state index is 0.0434. The van der Waals surface area contributed by atoms with Crippen molar-refractivity contribution >= 4 is 37.6 Å². The second-order valence-corrected chi connectivity index (χ2v) is 5.32. The molecule has 0 aliphatic heterocycles. The number of phenols is 2. The van der Waals surface area contributed by atoms with Gasteiger partial charge in [-0.25, -0.2) is 0 Å². The zero-order valence-electron chi connectivity index (χ0n) is 9.02. The lowest BCUT2D eigenvalue weighted by molar-refractivity contribution is 0.103. The smallest absolute Gasteiger partial charge is 0.198 e. The van der Waals surface area contributed by atoms with Crippen LogP contribution >= 0.6 is 31.9 Å². The van der Waals surface area contributed by atoms with Crippen LogP contribution in [0.25, 0.3) is 0 Å². The van der Waals surface area contributed by atoms with E-state index in [4.69, 9.17) is 0 Å². The molecule has 2 aromatic carbocycles. The van der Waals surface area contributed by atoms with Crippen molar-refractivity contribution in [3.63, 3.8) is 0 Å². The molecule has 3 nitrogen and oxygen atoms in total. The number of benzene rings is 2. The van der Waals surface area contributed by atoms with Gasteiger partial charge in [-0.05, 0) is 37.9 Å². The zero-order chi connectivity index (χ0) is 13.3. The van der Waals surface area contributed by atoms with Crippen molar-refractivity contribution in [2.75, 3.05) is 0 Å². The maximum absolute atomic E-state index is 12.2. The number of hydrogen-bond donors (Lipinski definition) is 2. The number of hydrogen-bond acceptors (Lipinski definition) is 3. The first-order valence-corrected chi connectivity index (χ1v) is 6.60. The van der Waals surface area contributed by atoms with Crippen molar-refractivity contribution in [1.82, 2.24) is 0 Å². The fraction of sp³-hybridized carbons (Fsp3) is 0. The van der Waals surface area contributed by atoms with Gasteiger partial charge in [0.2, 0.25) is 0 Å². The van der Waals surface area contributed by atoms with Crippen molar-refractivity contribution in [2.45, 2.75) is 0 Å². The molecule has 0 atom stereocenters. The maximum Gasteiger partial charge on any atom is 0.198 e. The van der Waals surface area contributed by atoms with Crippen LogP contribution in [0.4, 0.5) is 0 Å². The monoisotopic (exact) mass is 370 g/mol. The van der Waals surface area contributed by atoms with Gasteiger partial charge in [-0.15, -0.1) is 0 Å². The van der Waals surface area contributed by atoms with E-state index in [-0.39, 0.29) is 17.1 Å². The molecular weight excluding hydrogens is 364 g/mol. The van der Waals surface area contributed by atoms with Gasteiger partial charge < -0.3 is 10.2 Å². The summed E-state index contributed by atoms with van der Waals surface area (Å²) >= 11 is 6.29. The van der Waals surface area contributed by atoms with E-state index in [0.29, 0.717) is 14.5 Å². The minimum atomic E-state index is -0.440. The van der Waals surface area contributed by atoms with Crippen molar-refractivity contribution in [3.8, 4) is 11.5 Å². The Kier molecular flexibility index (Phi) is 3.73. The third kappa shape index (κ3) is 2.28. The summed E-state index contributed by atoms with van der Waals surface area (Å²) in [6.45, 7) is 0. The summed E-state index contributed by atoms with van der Waals surface area (Å²) in [4.78, 5) is 12.2. The fourth-order valence-electron chi connectivity index (χ4n) is 1.55. The van der Waals surface area contributed by atoms with Crippen molar-refractivity contribution in [1.29, 1.82) is 0 Å². The van der Waals surface area contributed by atoms with Crippen LogP contribution in [0.15, 0.2) is 45.3 Å². The molecule has 5 heteroatoms. The molecule has 2 N–H and O–H groups in total. The normalized spacial score (nSPS) is 10.3. The van der Waals surface area contributed by atoms with Crippen LogP contribution in [0.3, 0.4) is 0 Å². The minimum Gasteiger partial charge on any atom is -0.504 e. The van der Waals surface area contributed by atoms with Crippen LogP contribution in [0.5, 0.6) is 11.5 Å². The van der Waals surface area contributed by atoms with Crippen molar-refractivity contribution in [3.05, 3.63) is 56.5 Å². The number of ketones is 1. The Morgan fingerprint density at radius 2 is 1.56 bits per heavy atom. The Morgan fingerprint density at radius 3 is 2.17 bits per heavy atom. The fourth-order valence-corrected chi connectivity index (χ4v) is 2.87. The van der Waals surface area contributed by atoms with E-state index in [1.807, 2.05) is 0 Å². The lowest BCUT2D eigenvalue weighted by atomic mass is 10.0. The van der Waals surface area contributed by atoms with Crippen LogP contribution in [-0.2, 0) is 0 Å². The predicted octanol–water partition coefficient (Wildman–Crippen LogP) is 3.85. The van der Waals surface area contributed by atoms with E-state index >= 15 is 0 Å². The maximum atomic E-state index is 12.2. The SMILES string of the molecule is O=C(c1ccccc1)c1c(Br)cc(Br)c(O)c1O. The summed E-state index contributed by atoms with van der Waals surface area (Å²) in [5, 5.41) is 19.5. The summed E-state index contributed by atoms with van der Waals surface area (Å²) in [6.07, 6.45) is 0. The second kappa shape index (κ2) is 5.12. The molecule has 92 valence electrons. The van der Waals surface area contributed by atoms with E-state index in [0.717, 1.165) is 0 Å². The highest BCUT2D eigenvalue weighted by atomic mass is 79.9. The van der Waals surface area contributed by atoms with Crippen molar-refractivity contribution in [2.24, 2.45) is 0 Å². The number of carbonyl (C=O) groups excluding carboxylic acids is 1. The molecule has 2 rings (SSSR count). The Bertz CT molecular complexity index is 609. The van der Waals surface area contributed by atoms with E-state index in [1.165, 1.54) is 6.07 Å². The molecule has 0 bridgehead atoms. The first-order valence-electron chi connectivity index (χ1n) is 5.02. The van der Waals surface area contributed by atoms with Crippen LogP contribution in [0.2, 0.25) is 0 Å². The summed E-state index contributed by atoms with van der Waals surface area (Å²) in [7, 11) is 0. The largest absolute Gasteiger partial charge is 0.504 e. The molecule has 0 spiro atoms. The lowest BCUT2D eigenvalue weighted by Gasteiger charge is -2.09. The summed E-state index contributed by atoms with van der Waals surface area (Å²) in [5.41, 5.74) is 0.483. The molecule has 0 aliphatic carbocycles. The van der Waals surface area contributed by atoms with Crippen LogP contribution in [0.1, 0.15) is 15.9 Å². The van der Waals surface area contributed by atoms with Gasteiger partial charge in [0.15, 0.2) is 17.3 Å². The summed E-state index contributed by atoms with van der Waals surface area (Å²) in [6, 6.07) is 10.1. The second-order valence-electron chi connectivity index (χ2n) is 3.61. The average molecular weight is 372 g/mol. The van der Waals surface area contributed by atoms with Gasteiger partial charge in [-0.1, -0.05) is 30.3 Å². The number of aromatic hydroxyl groups is 2. The molecule has 0 aliphatic rings. The average Bonchev–Trinajstić information content (AvgIpc) is 2.37.